The fourth-order valence-electron chi connectivity index (χ4n) is 2.27. The van der Waals surface area contributed by atoms with Crippen molar-refractivity contribution in [3.05, 3.63) is 73.3 Å². The van der Waals surface area contributed by atoms with Crippen molar-refractivity contribution >= 4 is 25.7 Å². The summed E-state index contributed by atoms with van der Waals surface area (Å²) < 4.78 is 59.2. The molecular formula is C17H20F6P2. The molecular weight excluding hydrogens is 380 g/mol. The van der Waals surface area contributed by atoms with Crippen LogP contribution in [0.15, 0.2) is 73.3 Å². The molecule has 2 rings (SSSR count). The normalized spacial score (nSPS) is 14.5. The number of allylic oxidation sites excluding steroid dienone is 1. The molecule has 0 saturated heterocycles. The first kappa shape index (κ1) is 21.7. The number of halogens is 6. The third-order valence-corrected chi connectivity index (χ3v) is 7.46. The van der Waals surface area contributed by atoms with Crippen molar-refractivity contribution in [3.8, 4) is 0 Å². The van der Waals surface area contributed by atoms with E-state index in [1.165, 1.54) is 16.8 Å². The molecule has 25 heavy (non-hydrogen) atoms. The minimum atomic E-state index is -10.7. The molecule has 0 aliphatic heterocycles. The molecule has 0 aliphatic carbocycles. The van der Waals surface area contributed by atoms with Crippen LogP contribution in [-0.2, 0) is 0 Å². The zero-order valence-corrected chi connectivity index (χ0v) is 15.4. The summed E-state index contributed by atoms with van der Waals surface area (Å²) in [7, 11) is -11.9. The van der Waals surface area contributed by atoms with Crippen molar-refractivity contribution in [1.29, 1.82) is 0 Å². The van der Waals surface area contributed by atoms with Crippen LogP contribution in [0, 0.1) is 0 Å². The first-order valence-corrected chi connectivity index (χ1v) is 11.8. The second-order valence-corrected chi connectivity index (χ2v) is 11.4. The van der Waals surface area contributed by atoms with Crippen LogP contribution in [0.4, 0.5) is 25.2 Å². The van der Waals surface area contributed by atoms with E-state index in [2.05, 4.69) is 73.9 Å². The summed E-state index contributed by atoms with van der Waals surface area (Å²) in [6.07, 6.45) is 4.31. The first-order chi connectivity index (χ1) is 11.2. The van der Waals surface area contributed by atoms with Gasteiger partial charge in [-0.15, -0.1) is 6.58 Å². The quantitative estimate of drug-likeness (QED) is 0.282. The molecule has 0 amide bonds. The summed E-state index contributed by atoms with van der Waals surface area (Å²) in [5, 5.41) is 2.97. The van der Waals surface area contributed by atoms with Gasteiger partial charge in [-0.05, 0) is 30.7 Å². The number of rotatable bonds is 5. The maximum absolute atomic E-state index is 10.7. The molecule has 0 fully saturated rings. The van der Waals surface area contributed by atoms with Crippen molar-refractivity contribution in [2.75, 3.05) is 12.8 Å². The zero-order valence-electron chi connectivity index (χ0n) is 13.6. The van der Waals surface area contributed by atoms with Gasteiger partial charge in [-0.3, -0.25) is 0 Å². The van der Waals surface area contributed by atoms with Gasteiger partial charge in [0.2, 0.25) is 0 Å². The topological polar surface area (TPSA) is 0 Å². The average Bonchev–Trinajstić information content (AvgIpc) is 2.51. The van der Waals surface area contributed by atoms with Crippen LogP contribution in [0.25, 0.3) is 0 Å². The standard InChI is InChI=1S/C17H20P.F6P/c1-3-4-15-18(2,16-11-7-5-8-12-16)17-13-9-6-10-14-17;1-7(2,3,4,5)6/h3,5-14H,1,4,15H2,2H3;/q+1;-1. The van der Waals surface area contributed by atoms with E-state index in [0.717, 1.165) is 6.42 Å². The summed E-state index contributed by atoms with van der Waals surface area (Å²) in [5.74, 6) is 0. The van der Waals surface area contributed by atoms with Crippen LogP contribution in [0.1, 0.15) is 6.42 Å². The van der Waals surface area contributed by atoms with E-state index >= 15 is 0 Å². The van der Waals surface area contributed by atoms with E-state index in [-0.39, 0.29) is 0 Å². The van der Waals surface area contributed by atoms with E-state index in [0.29, 0.717) is 0 Å². The Bertz CT molecular complexity index is 630. The molecule has 0 N–H and O–H groups in total. The van der Waals surface area contributed by atoms with E-state index in [9.17, 15) is 25.2 Å². The van der Waals surface area contributed by atoms with Gasteiger partial charge in [-0.25, -0.2) is 0 Å². The van der Waals surface area contributed by atoms with Gasteiger partial charge < -0.3 is 0 Å². The van der Waals surface area contributed by atoms with Gasteiger partial charge in [-0.1, -0.05) is 42.5 Å². The van der Waals surface area contributed by atoms with Crippen LogP contribution in [0.3, 0.4) is 0 Å². The van der Waals surface area contributed by atoms with E-state index in [1.807, 2.05) is 6.08 Å². The Labute approximate surface area is 144 Å². The summed E-state index contributed by atoms with van der Waals surface area (Å²) in [6.45, 7) is 6.30. The van der Waals surface area contributed by atoms with Gasteiger partial charge in [-0.2, -0.15) is 0 Å². The van der Waals surface area contributed by atoms with Crippen molar-refractivity contribution in [2.45, 2.75) is 6.42 Å². The summed E-state index contributed by atoms with van der Waals surface area (Å²) >= 11 is 0. The molecule has 8 heteroatoms. The van der Waals surface area contributed by atoms with Crippen molar-refractivity contribution in [2.24, 2.45) is 0 Å². The molecule has 0 saturated carbocycles. The molecule has 0 aliphatic rings. The predicted molar refractivity (Wildman–Crippen MR) is 98.2 cm³/mol. The van der Waals surface area contributed by atoms with Crippen LogP contribution in [0.5, 0.6) is 0 Å². The molecule has 0 nitrogen and oxygen atoms in total. The van der Waals surface area contributed by atoms with Crippen molar-refractivity contribution in [1.82, 2.24) is 0 Å². The van der Waals surface area contributed by atoms with E-state index < -0.39 is 15.1 Å². The number of hydrogen-bond acceptors (Lipinski definition) is 0. The first-order valence-electron chi connectivity index (χ1n) is 7.36. The van der Waals surface area contributed by atoms with Gasteiger partial charge in [0, 0.05) is 0 Å². The molecule has 0 spiro atoms. The summed E-state index contributed by atoms with van der Waals surface area (Å²) in [6, 6.07) is 21.8. The van der Waals surface area contributed by atoms with Crippen molar-refractivity contribution < 1.29 is 25.2 Å². The molecule has 2 aromatic carbocycles. The van der Waals surface area contributed by atoms with Gasteiger partial charge in [0.05, 0.1) is 30.7 Å². The summed E-state index contributed by atoms with van der Waals surface area (Å²) in [5.41, 5.74) is 0. The third-order valence-electron chi connectivity index (χ3n) is 3.43. The van der Waals surface area contributed by atoms with E-state index in [4.69, 9.17) is 0 Å². The van der Waals surface area contributed by atoms with Crippen LogP contribution in [0.2, 0.25) is 0 Å². The van der Waals surface area contributed by atoms with Gasteiger partial charge in [0.1, 0.15) is 0 Å². The minimum absolute atomic E-state index is 1.08. The fraction of sp³-hybridized carbons (Fsp3) is 0.176. The summed E-state index contributed by atoms with van der Waals surface area (Å²) in [4.78, 5) is 0. The molecule has 140 valence electrons. The van der Waals surface area contributed by atoms with Crippen LogP contribution >= 0.6 is 15.1 Å². The monoisotopic (exact) mass is 400 g/mol. The van der Waals surface area contributed by atoms with E-state index in [1.54, 1.807) is 0 Å². The Hall–Kier alpha value is -1.38. The second kappa shape index (κ2) is 7.09. The van der Waals surface area contributed by atoms with Gasteiger partial charge >= 0.3 is 33.0 Å². The molecule has 0 bridgehead atoms. The molecule has 0 unspecified atom stereocenters. The number of benzene rings is 2. The molecule has 0 atom stereocenters. The molecule has 0 heterocycles. The third kappa shape index (κ3) is 9.62. The SMILES string of the molecule is C=CCC[P+](C)(c1ccccc1)c1ccccc1.F[P-](F)(F)(F)(F)F. The Balaban J connectivity index is 0.000000381. The zero-order chi connectivity index (χ0) is 19.3. The Morgan fingerprint density at radius 1 is 0.800 bits per heavy atom. The van der Waals surface area contributed by atoms with Crippen molar-refractivity contribution in [3.63, 3.8) is 0 Å². The van der Waals surface area contributed by atoms with Gasteiger partial charge in [0.15, 0.2) is 0 Å². The fourth-order valence-corrected chi connectivity index (χ4v) is 5.44. The Morgan fingerprint density at radius 3 is 1.40 bits per heavy atom. The predicted octanol–water partition coefficient (Wildman–Crippen LogP) is 7.24. The molecule has 0 radical (unpaired) electrons. The van der Waals surface area contributed by atoms with Crippen LogP contribution < -0.4 is 10.6 Å². The number of hydrogen-bond donors (Lipinski definition) is 0. The second-order valence-electron chi connectivity index (χ2n) is 5.62. The molecule has 2 aromatic rings. The maximum atomic E-state index is 9.87. The average molecular weight is 400 g/mol. The van der Waals surface area contributed by atoms with Gasteiger partial charge in [0.25, 0.3) is 0 Å². The van der Waals surface area contributed by atoms with Crippen LogP contribution in [-0.4, -0.2) is 12.8 Å². The molecule has 0 aromatic heterocycles. The Kier molecular flexibility index (Phi) is 6.14. The Morgan fingerprint density at radius 2 is 1.12 bits per heavy atom.